The number of nitrogens with zero attached hydrogens (tertiary/aromatic N) is 2. The summed E-state index contributed by atoms with van der Waals surface area (Å²) in [4.78, 5) is 5.97. The van der Waals surface area contributed by atoms with E-state index in [0.717, 1.165) is 39.1 Å². The minimum atomic E-state index is -0.546. The third kappa shape index (κ3) is 7.87. The van der Waals surface area contributed by atoms with Crippen LogP contribution in [-0.4, -0.2) is 71.5 Å². The highest BCUT2D eigenvalue weighted by molar-refractivity contribution is 5.79. The number of rotatable bonds is 10. The molecule has 1 aromatic rings. The molecule has 1 aliphatic heterocycles. The number of nitrogens with one attached hydrogen (secondary N) is 2. The van der Waals surface area contributed by atoms with E-state index in [0.29, 0.717) is 31.6 Å². The molecule has 6 nitrogen and oxygen atoms in total. The van der Waals surface area contributed by atoms with Crippen LogP contribution in [0.5, 0.6) is 0 Å². The van der Waals surface area contributed by atoms with E-state index >= 15 is 0 Å². The fourth-order valence-corrected chi connectivity index (χ4v) is 3.33. The van der Waals surface area contributed by atoms with Crippen LogP contribution in [0.25, 0.3) is 0 Å². The Morgan fingerprint density at radius 1 is 1.24 bits per heavy atom. The van der Waals surface area contributed by atoms with Crippen molar-refractivity contribution in [1.29, 1.82) is 0 Å². The molecule has 1 heterocycles. The highest BCUT2D eigenvalue weighted by atomic mass is 19.1. The third-order valence-corrected chi connectivity index (χ3v) is 5.10. The predicted molar refractivity (Wildman–Crippen MR) is 111 cm³/mol. The second kappa shape index (κ2) is 12.7. The molecule has 1 saturated heterocycles. The number of hydrogen-bond donors (Lipinski definition) is 2. The summed E-state index contributed by atoms with van der Waals surface area (Å²) in [5.74, 6) is 0.108. The van der Waals surface area contributed by atoms with Crippen LogP contribution in [0.4, 0.5) is 8.78 Å². The zero-order chi connectivity index (χ0) is 21.1. The van der Waals surface area contributed by atoms with E-state index in [4.69, 9.17) is 9.47 Å². The van der Waals surface area contributed by atoms with E-state index in [1.165, 1.54) is 18.2 Å². The number of aliphatic imine (C=N–C) groups is 1. The minimum absolute atomic E-state index is 0.0574. The van der Waals surface area contributed by atoms with Gasteiger partial charge in [0.05, 0.1) is 6.04 Å². The van der Waals surface area contributed by atoms with Crippen molar-refractivity contribution in [2.75, 3.05) is 60.7 Å². The Bertz CT molecular complexity index is 617. The van der Waals surface area contributed by atoms with Gasteiger partial charge in [-0.25, -0.2) is 8.78 Å². The molecule has 0 bridgehead atoms. The maximum Gasteiger partial charge on any atom is 0.191 e. The molecule has 29 heavy (non-hydrogen) atoms. The summed E-state index contributed by atoms with van der Waals surface area (Å²) in [6.45, 7) is 4.17. The largest absolute Gasteiger partial charge is 0.381 e. The zero-order valence-electron chi connectivity index (χ0n) is 17.7. The molecule has 1 unspecified atom stereocenters. The first-order valence-electron chi connectivity index (χ1n) is 10.2. The van der Waals surface area contributed by atoms with Crippen LogP contribution in [0, 0.1) is 17.6 Å². The molecular formula is C21H34F2N4O2. The van der Waals surface area contributed by atoms with Gasteiger partial charge in [0.15, 0.2) is 5.96 Å². The van der Waals surface area contributed by atoms with E-state index in [2.05, 4.69) is 15.6 Å². The van der Waals surface area contributed by atoms with Crippen LogP contribution in [-0.2, 0) is 9.47 Å². The Kier molecular flexibility index (Phi) is 10.3. The summed E-state index contributed by atoms with van der Waals surface area (Å²) in [5.41, 5.74) is 0.0574. The summed E-state index contributed by atoms with van der Waals surface area (Å²) in [6, 6.07) is 3.47. The number of benzene rings is 1. The number of ether oxygens (including phenoxy) is 2. The van der Waals surface area contributed by atoms with Crippen molar-refractivity contribution in [2.45, 2.75) is 25.3 Å². The average Bonchev–Trinajstić information content (AvgIpc) is 2.71. The van der Waals surface area contributed by atoms with Crippen molar-refractivity contribution < 1.29 is 18.3 Å². The monoisotopic (exact) mass is 412 g/mol. The average molecular weight is 413 g/mol. The molecule has 0 saturated carbocycles. The maximum atomic E-state index is 14.2. The zero-order valence-corrected chi connectivity index (χ0v) is 17.7. The number of likely N-dealkylation sites (N-methyl/N-ethyl adjacent to an activating group) is 1. The van der Waals surface area contributed by atoms with Crippen LogP contribution in [0.1, 0.15) is 30.9 Å². The fraction of sp³-hybridized carbons (Fsp3) is 0.667. The second-order valence-corrected chi connectivity index (χ2v) is 7.48. The van der Waals surface area contributed by atoms with Gasteiger partial charge in [0.2, 0.25) is 0 Å². The molecule has 2 N–H and O–H groups in total. The molecular weight excluding hydrogens is 378 g/mol. The van der Waals surface area contributed by atoms with Crippen molar-refractivity contribution >= 4 is 5.96 Å². The quantitative estimate of drug-likeness (QED) is 0.351. The summed E-state index contributed by atoms with van der Waals surface area (Å²) < 4.78 is 39.4. The molecule has 8 heteroatoms. The Morgan fingerprint density at radius 3 is 2.55 bits per heavy atom. The van der Waals surface area contributed by atoms with Gasteiger partial charge in [-0.05, 0) is 51.4 Å². The third-order valence-electron chi connectivity index (χ3n) is 5.10. The van der Waals surface area contributed by atoms with Gasteiger partial charge in [0.1, 0.15) is 11.6 Å². The van der Waals surface area contributed by atoms with Crippen molar-refractivity contribution in [3.05, 3.63) is 35.4 Å². The standard InChI is InChI=1S/C21H34F2N4O2/c1-24-21(25-10-5-11-29-15-16-8-12-28-13-9-16)26-14-19(27(2)3)20-17(22)6-4-7-18(20)23/h4,6-7,16,19H,5,8-15H2,1-3H3,(H2,24,25,26). The van der Waals surface area contributed by atoms with Crippen molar-refractivity contribution in [3.8, 4) is 0 Å². The van der Waals surface area contributed by atoms with E-state index in [-0.39, 0.29) is 5.56 Å². The van der Waals surface area contributed by atoms with Crippen molar-refractivity contribution in [2.24, 2.45) is 10.9 Å². The lowest BCUT2D eigenvalue weighted by molar-refractivity contribution is 0.0203. The summed E-state index contributed by atoms with van der Waals surface area (Å²) in [7, 11) is 5.26. The minimum Gasteiger partial charge on any atom is -0.381 e. The van der Waals surface area contributed by atoms with Crippen LogP contribution >= 0.6 is 0 Å². The molecule has 1 aromatic carbocycles. The first kappa shape index (κ1) is 23.5. The molecule has 0 spiro atoms. The van der Waals surface area contributed by atoms with E-state index in [1.54, 1.807) is 26.0 Å². The second-order valence-electron chi connectivity index (χ2n) is 7.48. The van der Waals surface area contributed by atoms with Gasteiger partial charge in [-0.3, -0.25) is 4.99 Å². The molecule has 1 fully saturated rings. The number of guanidine groups is 1. The summed E-state index contributed by atoms with van der Waals surface area (Å²) in [6.07, 6.45) is 3.00. The lowest BCUT2D eigenvalue weighted by atomic mass is 10.0. The highest BCUT2D eigenvalue weighted by Crippen LogP contribution is 2.23. The maximum absolute atomic E-state index is 14.2. The molecule has 1 aliphatic rings. The lowest BCUT2D eigenvalue weighted by Crippen LogP contribution is -2.42. The fourth-order valence-electron chi connectivity index (χ4n) is 3.33. The Morgan fingerprint density at radius 2 is 1.93 bits per heavy atom. The first-order valence-corrected chi connectivity index (χ1v) is 10.2. The molecule has 0 aliphatic carbocycles. The summed E-state index contributed by atoms with van der Waals surface area (Å²) in [5, 5.41) is 6.37. The topological polar surface area (TPSA) is 58.1 Å². The number of hydrogen-bond acceptors (Lipinski definition) is 4. The van der Waals surface area contributed by atoms with Crippen LogP contribution in [0.3, 0.4) is 0 Å². The predicted octanol–water partition coefficient (Wildman–Crippen LogP) is 2.57. The Hall–Kier alpha value is -1.77. The Labute approximate surface area is 172 Å². The van der Waals surface area contributed by atoms with Gasteiger partial charge < -0.3 is 25.0 Å². The SMILES string of the molecule is CN=C(NCCCOCC1CCOCC1)NCC(c1c(F)cccc1F)N(C)C. The molecule has 0 amide bonds. The smallest absolute Gasteiger partial charge is 0.191 e. The molecule has 0 aromatic heterocycles. The van der Waals surface area contributed by atoms with E-state index in [9.17, 15) is 8.78 Å². The van der Waals surface area contributed by atoms with Gasteiger partial charge in [0.25, 0.3) is 0 Å². The van der Waals surface area contributed by atoms with Crippen LogP contribution < -0.4 is 10.6 Å². The normalized spacial score (nSPS) is 16.8. The van der Waals surface area contributed by atoms with E-state index in [1.807, 2.05) is 0 Å². The van der Waals surface area contributed by atoms with Crippen LogP contribution in [0.2, 0.25) is 0 Å². The number of halogens is 2. The lowest BCUT2D eigenvalue weighted by Gasteiger charge is -2.26. The van der Waals surface area contributed by atoms with Gasteiger partial charge in [-0.15, -0.1) is 0 Å². The van der Waals surface area contributed by atoms with Crippen molar-refractivity contribution in [1.82, 2.24) is 15.5 Å². The van der Waals surface area contributed by atoms with Gasteiger partial charge in [-0.1, -0.05) is 6.07 Å². The molecule has 2 rings (SSSR count). The summed E-state index contributed by atoms with van der Waals surface area (Å²) >= 11 is 0. The van der Waals surface area contributed by atoms with Gasteiger partial charge in [-0.2, -0.15) is 0 Å². The Balaban J connectivity index is 1.71. The van der Waals surface area contributed by atoms with E-state index < -0.39 is 17.7 Å². The molecule has 1 atom stereocenters. The van der Waals surface area contributed by atoms with Gasteiger partial charge >= 0.3 is 0 Å². The highest BCUT2D eigenvalue weighted by Gasteiger charge is 2.22. The van der Waals surface area contributed by atoms with Crippen LogP contribution in [0.15, 0.2) is 23.2 Å². The first-order chi connectivity index (χ1) is 14.0. The van der Waals surface area contributed by atoms with Gasteiger partial charge in [0, 0.05) is 52.1 Å². The molecule has 164 valence electrons. The van der Waals surface area contributed by atoms with Crippen molar-refractivity contribution in [3.63, 3.8) is 0 Å². The molecule has 0 radical (unpaired) electrons.